The Hall–Kier alpha value is -1.99. The number of hydrogen-bond donors (Lipinski definition) is 1. The first-order chi connectivity index (χ1) is 13.1. The van der Waals surface area contributed by atoms with Crippen LogP contribution in [0.4, 0.5) is 0 Å². The van der Waals surface area contributed by atoms with E-state index in [9.17, 15) is 0 Å². The molecule has 7 heteroatoms. The average molecular weight is 376 g/mol. The Kier molecular flexibility index (Phi) is 6.79. The monoisotopic (exact) mass is 375 g/mol. The molecule has 4 rings (SSSR count). The molecule has 0 spiro atoms. The van der Waals surface area contributed by atoms with Gasteiger partial charge in [0.2, 0.25) is 0 Å². The van der Waals surface area contributed by atoms with Gasteiger partial charge in [0.1, 0.15) is 11.5 Å². The van der Waals surface area contributed by atoms with Gasteiger partial charge in [-0.3, -0.25) is 14.8 Å². The van der Waals surface area contributed by atoms with Gasteiger partial charge in [0.15, 0.2) is 5.96 Å². The highest BCUT2D eigenvalue weighted by Crippen LogP contribution is 2.25. The third-order valence-corrected chi connectivity index (χ3v) is 5.44. The molecule has 1 N–H and O–H groups in total. The number of hydrogen-bond acceptors (Lipinski definition) is 5. The van der Waals surface area contributed by atoms with Gasteiger partial charge in [-0.15, -0.1) is 0 Å². The average Bonchev–Trinajstić information content (AvgIpc) is 2.72. The molecule has 0 aliphatic carbocycles. The Morgan fingerprint density at radius 2 is 2.00 bits per heavy atom. The molecule has 0 aromatic heterocycles. The van der Waals surface area contributed by atoms with E-state index in [1.807, 2.05) is 12.1 Å². The first kappa shape index (κ1) is 19.8. The fourth-order valence-corrected chi connectivity index (χ4v) is 3.87. The third kappa shape index (κ3) is 4.84. The first-order valence-electron chi connectivity index (χ1n) is 9.81. The Balaban J connectivity index is 1.67. The first-order valence-corrected chi connectivity index (χ1v) is 9.81. The standard InChI is InChI=1S/C20H33N5O2/c1-5-21-20(22-13-17-15-24-8-10-25(17)11-9-24)23(2)14-16-6-7-18(26-3)12-19(16)27-4/h6-7,12,17H,5,8-11,13-15H2,1-4H3,(H,21,22). The maximum atomic E-state index is 5.54. The van der Waals surface area contributed by atoms with Gasteiger partial charge < -0.3 is 19.7 Å². The number of guanidine groups is 1. The van der Waals surface area contributed by atoms with Crippen LogP contribution in [-0.2, 0) is 6.54 Å². The van der Waals surface area contributed by atoms with Crippen molar-refractivity contribution in [1.82, 2.24) is 20.0 Å². The molecule has 3 fully saturated rings. The number of ether oxygens (including phenoxy) is 2. The lowest BCUT2D eigenvalue weighted by atomic mass is 10.1. The lowest BCUT2D eigenvalue weighted by Crippen LogP contribution is -2.62. The van der Waals surface area contributed by atoms with Gasteiger partial charge in [0.05, 0.1) is 20.8 Å². The van der Waals surface area contributed by atoms with E-state index >= 15 is 0 Å². The van der Waals surface area contributed by atoms with E-state index in [1.165, 1.54) is 26.2 Å². The highest BCUT2D eigenvalue weighted by Gasteiger charge is 2.31. The number of nitrogens with one attached hydrogen (secondary N) is 1. The van der Waals surface area contributed by atoms with Crippen LogP contribution in [0.1, 0.15) is 12.5 Å². The zero-order valence-electron chi connectivity index (χ0n) is 17.1. The van der Waals surface area contributed by atoms with Crippen molar-refractivity contribution < 1.29 is 9.47 Å². The molecule has 27 heavy (non-hydrogen) atoms. The minimum atomic E-state index is 0.532. The SMILES string of the molecule is CCNC(=NCC1CN2CCN1CC2)N(C)Cc1ccc(OC)cc1OC. The molecule has 0 amide bonds. The van der Waals surface area contributed by atoms with Crippen LogP contribution in [0.15, 0.2) is 23.2 Å². The smallest absolute Gasteiger partial charge is 0.194 e. The quantitative estimate of drug-likeness (QED) is 0.569. The van der Waals surface area contributed by atoms with Gasteiger partial charge in [-0.2, -0.15) is 0 Å². The van der Waals surface area contributed by atoms with Crippen molar-refractivity contribution in [3.05, 3.63) is 23.8 Å². The summed E-state index contributed by atoms with van der Waals surface area (Å²) < 4.78 is 10.8. The number of piperazine rings is 3. The number of nitrogens with zero attached hydrogens (tertiary/aromatic N) is 4. The molecule has 7 nitrogen and oxygen atoms in total. The van der Waals surface area contributed by atoms with Crippen LogP contribution in [0.5, 0.6) is 11.5 Å². The van der Waals surface area contributed by atoms with Gasteiger partial charge in [-0.25, -0.2) is 0 Å². The summed E-state index contributed by atoms with van der Waals surface area (Å²) >= 11 is 0. The van der Waals surface area contributed by atoms with E-state index in [4.69, 9.17) is 14.5 Å². The number of aliphatic imine (C=N–C) groups is 1. The molecule has 1 unspecified atom stereocenters. The van der Waals surface area contributed by atoms with E-state index in [0.717, 1.165) is 49.2 Å². The van der Waals surface area contributed by atoms with E-state index in [0.29, 0.717) is 6.04 Å². The van der Waals surface area contributed by atoms with Crippen LogP contribution in [-0.4, -0.2) is 93.8 Å². The van der Waals surface area contributed by atoms with E-state index < -0.39 is 0 Å². The van der Waals surface area contributed by atoms with Crippen LogP contribution in [0.2, 0.25) is 0 Å². The number of rotatable bonds is 7. The molecule has 0 radical (unpaired) electrons. The van der Waals surface area contributed by atoms with Crippen LogP contribution in [0, 0.1) is 0 Å². The van der Waals surface area contributed by atoms with Crippen molar-refractivity contribution in [3.8, 4) is 11.5 Å². The lowest BCUT2D eigenvalue weighted by Gasteiger charge is -2.47. The van der Waals surface area contributed by atoms with Crippen LogP contribution in [0.3, 0.4) is 0 Å². The minimum Gasteiger partial charge on any atom is -0.497 e. The zero-order valence-corrected chi connectivity index (χ0v) is 17.1. The molecule has 0 saturated carbocycles. The van der Waals surface area contributed by atoms with Crippen molar-refractivity contribution in [2.45, 2.75) is 19.5 Å². The fourth-order valence-electron chi connectivity index (χ4n) is 3.87. The summed E-state index contributed by atoms with van der Waals surface area (Å²) in [5, 5.41) is 3.42. The molecule has 3 aliphatic heterocycles. The van der Waals surface area contributed by atoms with Gasteiger partial charge in [0, 0.05) is 70.5 Å². The Bertz CT molecular complexity index is 643. The maximum Gasteiger partial charge on any atom is 0.194 e. The molecular weight excluding hydrogens is 342 g/mol. The fraction of sp³-hybridized carbons (Fsp3) is 0.650. The van der Waals surface area contributed by atoms with Gasteiger partial charge >= 0.3 is 0 Å². The largest absolute Gasteiger partial charge is 0.497 e. The summed E-state index contributed by atoms with van der Waals surface area (Å²) in [5.41, 5.74) is 1.11. The second kappa shape index (κ2) is 9.28. The summed E-state index contributed by atoms with van der Waals surface area (Å²) in [7, 11) is 5.43. The maximum absolute atomic E-state index is 5.54. The van der Waals surface area contributed by atoms with E-state index in [2.05, 4.69) is 40.1 Å². The minimum absolute atomic E-state index is 0.532. The molecule has 1 aromatic carbocycles. The molecule has 150 valence electrons. The van der Waals surface area contributed by atoms with Crippen LogP contribution < -0.4 is 14.8 Å². The molecular formula is C20H33N5O2. The highest BCUT2D eigenvalue weighted by molar-refractivity contribution is 5.79. The molecule has 3 saturated heterocycles. The lowest BCUT2D eigenvalue weighted by molar-refractivity contribution is 0.0173. The van der Waals surface area contributed by atoms with E-state index in [-0.39, 0.29) is 0 Å². The molecule has 2 bridgehead atoms. The van der Waals surface area contributed by atoms with Crippen molar-refractivity contribution in [2.24, 2.45) is 4.99 Å². The second-order valence-electron chi connectivity index (χ2n) is 7.22. The molecule has 3 heterocycles. The summed E-state index contributed by atoms with van der Waals surface area (Å²) in [6.07, 6.45) is 0. The van der Waals surface area contributed by atoms with Crippen molar-refractivity contribution >= 4 is 5.96 Å². The van der Waals surface area contributed by atoms with Crippen molar-refractivity contribution in [1.29, 1.82) is 0 Å². The van der Waals surface area contributed by atoms with Gasteiger partial charge in [-0.05, 0) is 19.1 Å². The summed E-state index contributed by atoms with van der Waals surface area (Å²) in [6, 6.07) is 6.48. The Morgan fingerprint density at radius 3 is 2.59 bits per heavy atom. The predicted molar refractivity (Wildman–Crippen MR) is 109 cm³/mol. The van der Waals surface area contributed by atoms with Gasteiger partial charge in [0.25, 0.3) is 0 Å². The number of methoxy groups -OCH3 is 2. The topological polar surface area (TPSA) is 52.6 Å². The van der Waals surface area contributed by atoms with Gasteiger partial charge in [-0.1, -0.05) is 0 Å². The summed E-state index contributed by atoms with van der Waals surface area (Å²) in [4.78, 5) is 12.2. The third-order valence-electron chi connectivity index (χ3n) is 5.44. The number of fused-ring (bicyclic) bond motifs is 3. The van der Waals surface area contributed by atoms with Crippen LogP contribution in [0.25, 0.3) is 0 Å². The van der Waals surface area contributed by atoms with Crippen LogP contribution >= 0.6 is 0 Å². The number of benzene rings is 1. The molecule has 3 aliphatic rings. The van der Waals surface area contributed by atoms with Crippen molar-refractivity contribution in [2.75, 3.05) is 67.1 Å². The second-order valence-corrected chi connectivity index (χ2v) is 7.22. The highest BCUT2D eigenvalue weighted by atomic mass is 16.5. The Morgan fingerprint density at radius 1 is 1.22 bits per heavy atom. The van der Waals surface area contributed by atoms with Crippen molar-refractivity contribution in [3.63, 3.8) is 0 Å². The van der Waals surface area contributed by atoms with E-state index in [1.54, 1.807) is 14.2 Å². The normalized spacial score (nSPS) is 24.6. The molecule has 1 atom stereocenters. The Labute approximate surface area is 162 Å². The summed E-state index contributed by atoms with van der Waals surface area (Å²) in [6.45, 7) is 10.4. The molecule has 1 aromatic rings. The predicted octanol–water partition coefficient (Wildman–Crippen LogP) is 1.10. The summed E-state index contributed by atoms with van der Waals surface area (Å²) in [5.74, 6) is 2.57. The zero-order chi connectivity index (χ0) is 19.2.